The minimum absolute atomic E-state index is 0.00736. The summed E-state index contributed by atoms with van der Waals surface area (Å²) in [7, 11) is 1.55. The van der Waals surface area contributed by atoms with E-state index in [0.29, 0.717) is 12.8 Å². The van der Waals surface area contributed by atoms with E-state index in [2.05, 4.69) is 0 Å². The standard InChI is InChI=1S/C7H14O4.C6H12O4.C2H6/c1-10-7-2-5(3-8)11-4-6(7)9;7-2-4-1-5(8)6(9)3-10-4;1-2/h5-9H,2-4H2,1H3;4-9H,1-3H2;1-2H3. The molecule has 140 valence electrons. The molecule has 6 unspecified atom stereocenters. The van der Waals surface area contributed by atoms with Crippen molar-refractivity contribution in [2.24, 2.45) is 0 Å². The van der Waals surface area contributed by atoms with Gasteiger partial charge in [0.25, 0.3) is 0 Å². The van der Waals surface area contributed by atoms with Crippen molar-refractivity contribution >= 4 is 0 Å². The molecular formula is C15H32O8. The van der Waals surface area contributed by atoms with Crippen molar-refractivity contribution < 1.29 is 39.7 Å². The van der Waals surface area contributed by atoms with Gasteiger partial charge in [0.1, 0.15) is 12.2 Å². The summed E-state index contributed by atoms with van der Waals surface area (Å²) in [6.45, 7) is 4.27. The highest BCUT2D eigenvalue weighted by Crippen LogP contribution is 2.16. The van der Waals surface area contributed by atoms with Crippen LogP contribution >= 0.6 is 0 Å². The summed E-state index contributed by atoms with van der Waals surface area (Å²) in [5.41, 5.74) is 0. The molecule has 8 heteroatoms. The molecule has 0 radical (unpaired) electrons. The molecule has 0 bridgehead atoms. The molecule has 8 nitrogen and oxygen atoms in total. The summed E-state index contributed by atoms with van der Waals surface area (Å²) < 4.78 is 15.0. The Labute approximate surface area is 137 Å². The Balaban J connectivity index is 0.000000381. The van der Waals surface area contributed by atoms with Gasteiger partial charge in [-0.05, 0) is 0 Å². The Morgan fingerprint density at radius 1 is 0.826 bits per heavy atom. The van der Waals surface area contributed by atoms with Crippen LogP contribution in [-0.4, -0.2) is 95.7 Å². The molecule has 5 N–H and O–H groups in total. The summed E-state index contributed by atoms with van der Waals surface area (Å²) >= 11 is 0. The van der Waals surface area contributed by atoms with Gasteiger partial charge in [0.15, 0.2) is 0 Å². The number of rotatable bonds is 3. The molecule has 0 aromatic heterocycles. The van der Waals surface area contributed by atoms with Crippen LogP contribution in [0, 0.1) is 0 Å². The SMILES string of the molecule is CC.COC1CC(CO)OCC1O.OCC1CC(O)C(O)CO1. The molecule has 0 aromatic carbocycles. The fourth-order valence-electron chi connectivity index (χ4n) is 2.17. The average Bonchev–Trinajstić information content (AvgIpc) is 2.60. The number of hydrogen-bond acceptors (Lipinski definition) is 8. The van der Waals surface area contributed by atoms with Crippen LogP contribution in [0.5, 0.6) is 0 Å². The van der Waals surface area contributed by atoms with Gasteiger partial charge >= 0.3 is 0 Å². The van der Waals surface area contributed by atoms with Crippen molar-refractivity contribution in [1.29, 1.82) is 0 Å². The lowest BCUT2D eigenvalue weighted by atomic mass is 10.0. The lowest BCUT2D eigenvalue weighted by Gasteiger charge is -2.31. The topological polar surface area (TPSA) is 129 Å². The third kappa shape index (κ3) is 8.37. The zero-order chi connectivity index (χ0) is 17.8. The highest BCUT2D eigenvalue weighted by molar-refractivity contribution is 4.78. The van der Waals surface area contributed by atoms with E-state index in [0.717, 1.165) is 0 Å². The molecule has 2 fully saturated rings. The van der Waals surface area contributed by atoms with Crippen LogP contribution in [0.2, 0.25) is 0 Å². The summed E-state index contributed by atoms with van der Waals surface area (Å²) in [6, 6.07) is 0. The molecule has 23 heavy (non-hydrogen) atoms. The van der Waals surface area contributed by atoms with Crippen molar-refractivity contribution in [1.82, 2.24) is 0 Å². The largest absolute Gasteiger partial charge is 0.394 e. The molecule has 0 aliphatic carbocycles. The fraction of sp³-hybridized carbons (Fsp3) is 1.00. The second-order valence-electron chi connectivity index (χ2n) is 5.22. The van der Waals surface area contributed by atoms with Crippen LogP contribution in [0.3, 0.4) is 0 Å². The molecular weight excluding hydrogens is 308 g/mol. The lowest BCUT2D eigenvalue weighted by molar-refractivity contribution is -0.141. The summed E-state index contributed by atoms with van der Waals surface area (Å²) in [4.78, 5) is 0. The Kier molecular flexibility index (Phi) is 12.8. The zero-order valence-corrected chi connectivity index (χ0v) is 14.2. The molecule has 2 heterocycles. The van der Waals surface area contributed by atoms with Gasteiger partial charge in [-0.15, -0.1) is 0 Å². The van der Waals surface area contributed by atoms with Crippen LogP contribution in [0.1, 0.15) is 26.7 Å². The quantitative estimate of drug-likeness (QED) is 0.427. The van der Waals surface area contributed by atoms with Crippen molar-refractivity contribution in [2.45, 2.75) is 63.3 Å². The normalized spacial score (nSPS) is 37.0. The van der Waals surface area contributed by atoms with Crippen molar-refractivity contribution in [3.05, 3.63) is 0 Å². The first-order valence-electron chi connectivity index (χ1n) is 8.03. The number of ether oxygens (including phenoxy) is 3. The van der Waals surface area contributed by atoms with Gasteiger partial charge in [0.2, 0.25) is 0 Å². The zero-order valence-electron chi connectivity index (χ0n) is 14.2. The van der Waals surface area contributed by atoms with Gasteiger partial charge in [-0.2, -0.15) is 0 Å². The summed E-state index contributed by atoms with van der Waals surface area (Å²) in [6.07, 6.45) is -1.88. The molecule has 0 saturated carbocycles. The average molecular weight is 340 g/mol. The predicted octanol–water partition coefficient (Wildman–Crippen LogP) is -1.34. The Hall–Kier alpha value is -0.320. The van der Waals surface area contributed by atoms with Crippen molar-refractivity contribution in [3.63, 3.8) is 0 Å². The van der Waals surface area contributed by atoms with Crippen LogP contribution in [0.15, 0.2) is 0 Å². The van der Waals surface area contributed by atoms with Crippen LogP contribution in [0.25, 0.3) is 0 Å². The second kappa shape index (κ2) is 13.0. The first kappa shape index (κ1) is 22.7. The van der Waals surface area contributed by atoms with Gasteiger partial charge < -0.3 is 39.7 Å². The summed E-state index contributed by atoms with van der Waals surface area (Å²) in [5.74, 6) is 0. The van der Waals surface area contributed by atoms with E-state index in [1.165, 1.54) is 0 Å². The first-order valence-corrected chi connectivity index (χ1v) is 8.03. The van der Waals surface area contributed by atoms with E-state index < -0.39 is 18.3 Å². The third-order valence-corrected chi connectivity index (χ3v) is 3.59. The summed E-state index contributed by atoms with van der Waals surface area (Å²) in [5, 5.41) is 44.5. The number of aliphatic hydroxyl groups is 5. The number of methoxy groups -OCH3 is 1. The maximum Gasteiger partial charge on any atom is 0.104 e. The molecule has 2 aliphatic heterocycles. The van der Waals surface area contributed by atoms with E-state index in [9.17, 15) is 5.11 Å². The maximum absolute atomic E-state index is 9.25. The molecule has 0 aromatic rings. The maximum atomic E-state index is 9.25. The monoisotopic (exact) mass is 340 g/mol. The second-order valence-corrected chi connectivity index (χ2v) is 5.22. The minimum atomic E-state index is -0.789. The molecule has 0 amide bonds. The Bertz CT molecular complexity index is 278. The van der Waals surface area contributed by atoms with E-state index >= 15 is 0 Å². The molecule has 0 spiro atoms. The molecule has 2 rings (SSSR count). The van der Waals surface area contributed by atoms with E-state index in [1.807, 2.05) is 13.8 Å². The van der Waals surface area contributed by atoms with Gasteiger partial charge in [-0.25, -0.2) is 0 Å². The van der Waals surface area contributed by atoms with Crippen molar-refractivity contribution in [2.75, 3.05) is 33.5 Å². The van der Waals surface area contributed by atoms with Crippen LogP contribution < -0.4 is 0 Å². The number of aliphatic hydroxyl groups excluding tert-OH is 5. The third-order valence-electron chi connectivity index (χ3n) is 3.59. The molecule has 6 atom stereocenters. The van der Waals surface area contributed by atoms with Gasteiger partial charge in [-0.3, -0.25) is 0 Å². The predicted molar refractivity (Wildman–Crippen MR) is 83.1 cm³/mol. The van der Waals surface area contributed by atoms with Crippen molar-refractivity contribution in [3.8, 4) is 0 Å². The minimum Gasteiger partial charge on any atom is -0.394 e. The fourth-order valence-corrected chi connectivity index (χ4v) is 2.17. The van der Waals surface area contributed by atoms with E-state index in [1.54, 1.807) is 7.11 Å². The first-order chi connectivity index (χ1) is 11.0. The van der Waals surface area contributed by atoms with Gasteiger partial charge in [-0.1, -0.05) is 13.8 Å². The smallest absolute Gasteiger partial charge is 0.104 e. The van der Waals surface area contributed by atoms with Crippen LogP contribution in [-0.2, 0) is 14.2 Å². The highest BCUT2D eigenvalue weighted by Gasteiger charge is 2.29. The van der Waals surface area contributed by atoms with E-state index in [-0.39, 0.29) is 44.7 Å². The Morgan fingerprint density at radius 3 is 1.74 bits per heavy atom. The Morgan fingerprint density at radius 2 is 1.30 bits per heavy atom. The number of hydrogen-bond donors (Lipinski definition) is 5. The molecule has 2 aliphatic rings. The van der Waals surface area contributed by atoms with Crippen LogP contribution in [0.4, 0.5) is 0 Å². The van der Waals surface area contributed by atoms with E-state index in [4.69, 9.17) is 34.6 Å². The lowest BCUT2D eigenvalue weighted by Crippen LogP contribution is -2.43. The highest BCUT2D eigenvalue weighted by atomic mass is 16.5. The van der Waals surface area contributed by atoms with Gasteiger partial charge in [0.05, 0.1) is 50.8 Å². The molecule has 2 saturated heterocycles. The van der Waals surface area contributed by atoms with Gasteiger partial charge in [0, 0.05) is 20.0 Å².